The van der Waals surface area contributed by atoms with Gasteiger partial charge < -0.3 is 10.1 Å². The molecule has 1 N–H and O–H groups in total. The molecule has 0 bridgehead atoms. The van der Waals surface area contributed by atoms with Crippen LogP contribution in [0.2, 0.25) is 0 Å². The topological polar surface area (TPSA) is 64.4 Å². The molecule has 4 rings (SSSR count). The number of hydrogen-bond donors (Lipinski definition) is 1. The lowest BCUT2D eigenvalue weighted by Gasteiger charge is -2.36. The molecule has 2 aliphatic rings. The first-order valence-electron chi connectivity index (χ1n) is 7.45. The van der Waals surface area contributed by atoms with Crippen molar-refractivity contribution in [2.24, 2.45) is 5.92 Å². The first kappa shape index (κ1) is 13.3. The Bertz CT molecular complexity index is 717. The smallest absolute Gasteiger partial charge is 0.269 e. The van der Waals surface area contributed by atoms with E-state index in [-0.39, 0.29) is 22.8 Å². The third kappa shape index (κ3) is 2.05. The monoisotopic (exact) mass is 296 g/mol. The Morgan fingerprint density at radius 2 is 2.00 bits per heavy atom. The number of nitro groups is 1. The highest BCUT2D eigenvalue weighted by Gasteiger charge is 2.41. The van der Waals surface area contributed by atoms with Crippen LogP contribution in [0.1, 0.15) is 29.7 Å². The van der Waals surface area contributed by atoms with Gasteiger partial charge in [0, 0.05) is 35.9 Å². The Morgan fingerprint density at radius 3 is 2.77 bits per heavy atom. The minimum Gasteiger partial charge on any atom is -0.378 e. The van der Waals surface area contributed by atoms with E-state index in [2.05, 4.69) is 17.4 Å². The molecule has 1 saturated heterocycles. The molecule has 0 saturated carbocycles. The zero-order chi connectivity index (χ0) is 15.1. The SMILES string of the molecule is O=[N+]([O-])c1ccc2c(c1)[C@@H]1OCC[C@H]1[C@@H](c1ccccc1)N2. The van der Waals surface area contributed by atoms with Gasteiger partial charge in [-0.05, 0) is 18.1 Å². The third-order valence-corrected chi connectivity index (χ3v) is 4.59. The van der Waals surface area contributed by atoms with Crippen LogP contribution >= 0.6 is 0 Å². The molecule has 1 fully saturated rings. The minimum atomic E-state index is -0.354. The number of hydrogen-bond acceptors (Lipinski definition) is 4. The van der Waals surface area contributed by atoms with Crippen LogP contribution in [-0.2, 0) is 4.74 Å². The average molecular weight is 296 g/mol. The molecule has 2 aliphatic heterocycles. The molecular weight excluding hydrogens is 280 g/mol. The maximum absolute atomic E-state index is 11.0. The van der Waals surface area contributed by atoms with E-state index in [9.17, 15) is 10.1 Å². The van der Waals surface area contributed by atoms with Crippen LogP contribution in [-0.4, -0.2) is 11.5 Å². The molecule has 112 valence electrons. The maximum Gasteiger partial charge on any atom is 0.269 e. The predicted molar refractivity (Wildman–Crippen MR) is 82.7 cm³/mol. The molecule has 5 heteroatoms. The van der Waals surface area contributed by atoms with Crippen molar-refractivity contribution in [1.29, 1.82) is 0 Å². The quantitative estimate of drug-likeness (QED) is 0.675. The summed E-state index contributed by atoms with van der Waals surface area (Å²) in [7, 11) is 0. The summed E-state index contributed by atoms with van der Waals surface area (Å²) in [4.78, 5) is 10.7. The summed E-state index contributed by atoms with van der Waals surface area (Å²) in [6.45, 7) is 0.697. The van der Waals surface area contributed by atoms with Crippen LogP contribution in [0.4, 0.5) is 11.4 Å². The molecule has 0 unspecified atom stereocenters. The largest absolute Gasteiger partial charge is 0.378 e. The van der Waals surface area contributed by atoms with Crippen molar-refractivity contribution in [3.05, 3.63) is 69.8 Å². The first-order chi connectivity index (χ1) is 10.7. The summed E-state index contributed by atoms with van der Waals surface area (Å²) in [5.41, 5.74) is 3.19. The van der Waals surface area contributed by atoms with Gasteiger partial charge in [0.15, 0.2) is 0 Å². The Labute approximate surface area is 128 Å². The zero-order valence-corrected chi connectivity index (χ0v) is 11.9. The Morgan fingerprint density at radius 1 is 1.18 bits per heavy atom. The summed E-state index contributed by atoms with van der Waals surface area (Å²) in [5.74, 6) is 0.303. The highest BCUT2D eigenvalue weighted by Crippen LogP contribution is 2.50. The fourth-order valence-electron chi connectivity index (χ4n) is 3.56. The molecule has 22 heavy (non-hydrogen) atoms. The average Bonchev–Trinajstić information content (AvgIpc) is 3.04. The summed E-state index contributed by atoms with van der Waals surface area (Å²) in [5, 5.41) is 14.6. The fraction of sp³-hybridized carbons (Fsp3) is 0.294. The molecule has 5 nitrogen and oxygen atoms in total. The van der Waals surface area contributed by atoms with Gasteiger partial charge in [0.25, 0.3) is 5.69 Å². The van der Waals surface area contributed by atoms with E-state index < -0.39 is 0 Å². The van der Waals surface area contributed by atoms with Crippen LogP contribution in [0, 0.1) is 16.0 Å². The molecule has 0 aromatic heterocycles. The lowest BCUT2D eigenvalue weighted by molar-refractivity contribution is -0.385. The molecule has 0 amide bonds. The van der Waals surface area contributed by atoms with Crippen LogP contribution in [0.25, 0.3) is 0 Å². The van der Waals surface area contributed by atoms with Crippen molar-refractivity contribution >= 4 is 11.4 Å². The second-order valence-corrected chi connectivity index (χ2v) is 5.81. The van der Waals surface area contributed by atoms with E-state index in [1.54, 1.807) is 18.2 Å². The second-order valence-electron chi connectivity index (χ2n) is 5.81. The van der Waals surface area contributed by atoms with Crippen molar-refractivity contribution in [3.8, 4) is 0 Å². The number of anilines is 1. The number of fused-ring (bicyclic) bond motifs is 3. The van der Waals surface area contributed by atoms with Crippen LogP contribution in [0.15, 0.2) is 48.5 Å². The number of non-ortho nitro benzene ring substituents is 1. The Balaban J connectivity index is 1.78. The van der Waals surface area contributed by atoms with Gasteiger partial charge in [-0.25, -0.2) is 0 Å². The zero-order valence-electron chi connectivity index (χ0n) is 11.9. The maximum atomic E-state index is 11.0. The molecular formula is C17H16N2O3. The van der Waals surface area contributed by atoms with E-state index in [4.69, 9.17) is 4.74 Å². The van der Waals surface area contributed by atoms with Gasteiger partial charge in [0.1, 0.15) is 0 Å². The highest BCUT2D eigenvalue weighted by atomic mass is 16.6. The van der Waals surface area contributed by atoms with E-state index in [1.165, 1.54) is 5.56 Å². The molecule has 3 atom stereocenters. The molecule has 2 heterocycles. The van der Waals surface area contributed by atoms with Gasteiger partial charge >= 0.3 is 0 Å². The highest BCUT2D eigenvalue weighted by molar-refractivity contribution is 5.60. The van der Waals surface area contributed by atoms with Crippen molar-refractivity contribution in [2.75, 3.05) is 11.9 Å². The van der Waals surface area contributed by atoms with E-state index in [0.717, 1.165) is 17.7 Å². The summed E-state index contributed by atoms with van der Waals surface area (Å²) < 4.78 is 5.91. The molecule has 0 radical (unpaired) electrons. The Kier molecular flexibility index (Phi) is 3.08. The lowest BCUT2D eigenvalue weighted by atomic mass is 9.81. The van der Waals surface area contributed by atoms with Gasteiger partial charge in [0.05, 0.1) is 17.1 Å². The van der Waals surface area contributed by atoms with Gasteiger partial charge in [-0.15, -0.1) is 0 Å². The van der Waals surface area contributed by atoms with Crippen molar-refractivity contribution < 1.29 is 9.66 Å². The summed E-state index contributed by atoms with van der Waals surface area (Å²) in [6, 6.07) is 15.5. The minimum absolute atomic E-state index is 0.0682. The summed E-state index contributed by atoms with van der Waals surface area (Å²) in [6.07, 6.45) is 0.890. The molecule has 0 spiro atoms. The van der Waals surface area contributed by atoms with Gasteiger partial charge in [-0.3, -0.25) is 10.1 Å². The summed E-state index contributed by atoms with van der Waals surface area (Å²) >= 11 is 0. The second kappa shape index (κ2) is 5.10. The van der Waals surface area contributed by atoms with Gasteiger partial charge in [0.2, 0.25) is 0 Å². The molecule has 0 aliphatic carbocycles. The van der Waals surface area contributed by atoms with Crippen LogP contribution in [0.3, 0.4) is 0 Å². The molecule has 2 aromatic carbocycles. The first-order valence-corrected chi connectivity index (χ1v) is 7.45. The predicted octanol–water partition coefficient (Wildman–Crippen LogP) is 3.84. The van der Waals surface area contributed by atoms with Crippen molar-refractivity contribution in [1.82, 2.24) is 0 Å². The van der Waals surface area contributed by atoms with E-state index >= 15 is 0 Å². The number of nitrogens with zero attached hydrogens (tertiary/aromatic N) is 1. The van der Waals surface area contributed by atoms with Crippen molar-refractivity contribution in [2.45, 2.75) is 18.6 Å². The number of benzene rings is 2. The third-order valence-electron chi connectivity index (χ3n) is 4.59. The normalized spacial score (nSPS) is 25.9. The Hall–Kier alpha value is -2.40. The number of nitro benzene ring substituents is 1. The van der Waals surface area contributed by atoms with Gasteiger partial charge in [-0.1, -0.05) is 30.3 Å². The number of rotatable bonds is 2. The number of nitrogens with one attached hydrogen (secondary N) is 1. The number of ether oxygens (including phenoxy) is 1. The fourth-order valence-corrected chi connectivity index (χ4v) is 3.56. The van der Waals surface area contributed by atoms with Crippen LogP contribution in [0.5, 0.6) is 0 Å². The van der Waals surface area contributed by atoms with Crippen LogP contribution < -0.4 is 5.32 Å². The van der Waals surface area contributed by atoms with Gasteiger partial charge in [-0.2, -0.15) is 0 Å². The lowest BCUT2D eigenvalue weighted by Crippen LogP contribution is -2.29. The van der Waals surface area contributed by atoms with E-state index in [1.807, 2.05) is 18.2 Å². The molecule has 2 aromatic rings. The standard InChI is InChI=1S/C17H16N2O3/c20-19(21)12-6-7-15-14(10-12)17-13(8-9-22-17)16(18-15)11-4-2-1-3-5-11/h1-7,10,13,16-18H,8-9H2/t13-,16+,17+/m0/s1. The van der Waals surface area contributed by atoms with Crippen molar-refractivity contribution in [3.63, 3.8) is 0 Å². The van der Waals surface area contributed by atoms with E-state index in [0.29, 0.717) is 12.5 Å².